The molecule has 4 nitrogen and oxygen atoms in total. The zero-order valence-corrected chi connectivity index (χ0v) is 13.9. The van der Waals surface area contributed by atoms with Crippen molar-refractivity contribution in [3.05, 3.63) is 16.8 Å². The first kappa shape index (κ1) is 14.8. The molecule has 21 heavy (non-hydrogen) atoms. The van der Waals surface area contributed by atoms with Crippen molar-refractivity contribution < 1.29 is 4.79 Å². The van der Waals surface area contributed by atoms with Gasteiger partial charge >= 0.3 is 0 Å². The van der Waals surface area contributed by atoms with E-state index in [-0.39, 0.29) is 11.2 Å². The summed E-state index contributed by atoms with van der Waals surface area (Å²) in [5.74, 6) is 0.0838. The van der Waals surface area contributed by atoms with Crippen LogP contribution >= 0.6 is 23.1 Å². The van der Waals surface area contributed by atoms with Gasteiger partial charge in [0.15, 0.2) is 0 Å². The summed E-state index contributed by atoms with van der Waals surface area (Å²) in [5.41, 5.74) is 1.42. The Bertz CT molecular complexity index is 668. The van der Waals surface area contributed by atoms with Gasteiger partial charge in [-0.3, -0.25) is 4.79 Å². The molecule has 0 radical (unpaired) electrons. The Morgan fingerprint density at radius 1 is 1.48 bits per heavy atom. The summed E-state index contributed by atoms with van der Waals surface area (Å²) in [6.45, 7) is 4.73. The van der Waals surface area contributed by atoms with Crippen LogP contribution in [0.15, 0.2) is 11.4 Å². The van der Waals surface area contributed by atoms with Crippen molar-refractivity contribution in [1.29, 1.82) is 0 Å². The van der Waals surface area contributed by atoms with Gasteiger partial charge in [0, 0.05) is 16.8 Å². The number of fused-ring (bicyclic) bond motifs is 3. The van der Waals surface area contributed by atoms with E-state index in [1.807, 2.05) is 6.92 Å². The average molecular weight is 321 g/mol. The normalized spacial score (nSPS) is 15.1. The number of rotatable bonds is 5. The van der Waals surface area contributed by atoms with Gasteiger partial charge in [0.1, 0.15) is 16.2 Å². The van der Waals surface area contributed by atoms with E-state index in [1.54, 1.807) is 29.4 Å². The molecule has 0 saturated heterocycles. The number of hydrogen-bond acceptors (Lipinski definition) is 5. The third-order valence-electron chi connectivity index (χ3n) is 3.67. The minimum Gasteiger partial charge on any atom is -0.355 e. The summed E-state index contributed by atoms with van der Waals surface area (Å²) in [6.07, 6.45) is 6.08. The quantitative estimate of drug-likeness (QED) is 0.679. The number of aryl methyl sites for hydroxylation is 2. The SMILES string of the molecule is CCCNC(=O)[C@@H](C)Sc1ncnc2sc3c(c12)CCC3. The molecule has 0 bridgehead atoms. The number of aromatic nitrogens is 2. The van der Waals surface area contributed by atoms with Crippen molar-refractivity contribution >= 4 is 39.2 Å². The summed E-state index contributed by atoms with van der Waals surface area (Å²) < 4.78 is 0. The summed E-state index contributed by atoms with van der Waals surface area (Å²) in [7, 11) is 0. The van der Waals surface area contributed by atoms with Gasteiger partial charge in [-0.15, -0.1) is 11.3 Å². The standard InChI is InChI=1S/C15H19N3OS2/c1-3-7-16-13(19)9(2)20-14-12-10-5-4-6-11(10)21-15(12)18-8-17-14/h8-9H,3-7H2,1-2H3,(H,16,19)/t9-/m1/s1. The number of hydrogen-bond donors (Lipinski definition) is 1. The fourth-order valence-corrected chi connectivity index (χ4v) is 4.87. The van der Waals surface area contributed by atoms with Crippen molar-refractivity contribution in [3.63, 3.8) is 0 Å². The molecule has 3 rings (SSSR count). The molecular weight excluding hydrogens is 302 g/mol. The zero-order chi connectivity index (χ0) is 14.8. The third-order valence-corrected chi connectivity index (χ3v) is 5.97. The molecule has 1 atom stereocenters. The maximum atomic E-state index is 12.0. The van der Waals surface area contributed by atoms with Crippen molar-refractivity contribution in [2.45, 2.75) is 49.8 Å². The van der Waals surface area contributed by atoms with Crippen molar-refractivity contribution in [1.82, 2.24) is 15.3 Å². The lowest BCUT2D eigenvalue weighted by Gasteiger charge is -2.11. The minimum absolute atomic E-state index is 0.0838. The van der Waals surface area contributed by atoms with Crippen LogP contribution in [0.4, 0.5) is 0 Å². The van der Waals surface area contributed by atoms with Crippen molar-refractivity contribution in [2.24, 2.45) is 0 Å². The van der Waals surface area contributed by atoms with E-state index in [4.69, 9.17) is 0 Å². The van der Waals surface area contributed by atoms with Gasteiger partial charge in [0.25, 0.3) is 0 Å². The molecule has 0 unspecified atom stereocenters. The van der Waals surface area contributed by atoms with E-state index >= 15 is 0 Å². The highest BCUT2D eigenvalue weighted by molar-refractivity contribution is 8.00. The number of carbonyl (C=O) groups is 1. The highest BCUT2D eigenvalue weighted by atomic mass is 32.2. The fourth-order valence-electron chi connectivity index (χ4n) is 2.60. The number of thiophene rings is 1. The Labute approximate surface area is 132 Å². The lowest BCUT2D eigenvalue weighted by molar-refractivity contribution is -0.120. The van der Waals surface area contributed by atoms with Crippen molar-refractivity contribution in [3.8, 4) is 0 Å². The number of nitrogens with one attached hydrogen (secondary N) is 1. The molecule has 2 aromatic rings. The zero-order valence-electron chi connectivity index (χ0n) is 12.3. The predicted octanol–water partition coefficient (Wildman–Crippen LogP) is 3.19. The molecule has 1 N–H and O–H groups in total. The average Bonchev–Trinajstić information content (AvgIpc) is 3.05. The maximum absolute atomic E-state index is 12.0. The molecule has 1 amide bonds. The summed E-state index contributed by atoms with van der Waals surface area (Å²) in [5, 5.41) is 4.96. The van der Waals surface area contributed by atoms with Crippen LogP contribution in [-0.4, -0.2) is 27.7 Å². The van der Waals surface area contributed by atoms with E-state index in [1.165, 1.54) is 22.2 Å². The Kier molecular flexibility index (Phi) is 4.45. The summed E-state index contributed by atoms with van der Waals surface area (Å²) in [6, 6.07) is 0. The molecule has 0 saturated carbocycles. The molecule has 0 aliphatic heterocycles. The minimum atomic E-state index is -0.133. The van der Waals surface area contributed by atoms with Crippen LogP contribution in [0.5, 0.6) is 0 Å². The van der Waals surface area contributed by atoms with E-state index in [9.17, 15) is 4.79 Å². The molecular formula is C15H19N3OS2. The van der Waals surface area contributed by atoms with Crippen LogP contribution in [0.2, 0.25) is 0 Å². The van der Waals surface area contributed by atoms with Crippen LogP contribution in [0.3, 0.4) is 0 Å². The smallest absolute Gasteiger partial charge is 0.233 e. The molecule has 2 heterocycles. The topological polar surface area (TPSA) is 54.9 Å². The Balaban J connectivity index is 1.85. The van der Waals surface area contributed by atoms with E-state index in [0.717, 1.165) is 35.7 Å². The second-order valence-corrected chi connectivity index (χ2v) is 7.68. The molecule has 2 aromatic heterocycles. The van der Waals surface area contributed by atoms with Gasteiger partial charge in [-0.05, 0) is 38.2 Å². The van der Waals surface area contributed by atoms with Crippen LogP contribution < -0.4 is 5.32 Å². The summed E-state index contributed by atoms with van der Waals surface area (Å²) in [4.78, 5) is 23.4. The van der Waals surface area contributed by atoms with E-state index in [2.05, 4.69) is 22.2 Å². The lowest BCUT2D eigenvalue weighted by Crippen LogP contribution is -2.31. The molecule has 1 aliphatic rings. The van der Waals surface area contributed by atoms with Crippen LogP contribution in [0, 0.1) is 0 Å². The molecule has 6 heteroatoms. The fraction of sp³-hybridized carbons (Fsp3) is 0.533. The number of thioether (sulfide) groups is 1. The highest BCUT2D eigenvalue weighted by Gasteiger charge is 2.23. The number of amides is 1. The molecule has 1 aliphatic carbocycles. The van der Waals surface area contributed by atoms with Crippen LogP contribution in [0.25, 0.3) is 10.2 Å². The highest BCUT2D eigenvalue weighted by Crippen LogP contribution is 2.40. The van der Waals surface area contributed by atoms with E-state index in [0.29, 0.717) is 0 Å². The van der Waals surface area contributed by atoms with Gasteiger partial charge in [-0.1, -0.05) is 18.7 Å². The first-order valence-corrected chi connectivity index (χ1v) is 9.10. The predicted molar refractivity (Wildman–Crippen MR) is 88.1 cm³/mol. The molecule has 0 spiro atoms. The van der Waals surface area contributed by atoms with Crippen molar-refractivity contribution in [2.75, 3.05) is 6.54 Å². The van der Waals surface area contributed by atoms with Gasteiger partial charge in [-0.25, -0.2) is 9.97 Å². The molecule has 0 aromatic carbocycles. The number of nitrogens with zero attached hydrogens (tertiary/aromatic N) is 2. The maximum Gasteiger partial charge on any atom is 0.233 e. The summed E-state index contributed by atoms with van der Waals surface area (Å²) >= 11 is 3.33. The Morgan fingerprint density at radius 3 is 3.14 bits per heavy atom. The molecule has 112 valence electrons. The largest absolute Gasteiger partial charge is 0.355 e. The van der Waals surface area contributed by atoms with Gasteiger partial charge in [0.05, 0.1) is 5.25 Å². The second-order valence-electron chi connectivity index (χ2n) is 5.27. The number of carbonyl (C=O) groups excluding carboxylic acids is 1. The Hall–Kier alpha value is -1.14. The van der Waals surface area contributed by atoms with E-state index < -0.39 is 0 Å². The van der Waals surface area contributed by atoms with Gasteiger partial charge in [0.2, 0.25) is 5.91 Å². The first-order chi connectivity index (χ1) is 10.2. The second kappa shape index (κ2) is 6.32. The lowest BCUT2D eigenvalue weighted by atomic mass is 10.2. The van der Waals surface area contributed by atoms with Gasteiger partial charge in [-0.2, -0.15) is 0 Å². The Morgan fingerprint density at radius 2 is 2.33 bits per heavy atom. The van der Waals surface area contributed by atoms with Crippen LogP contribution in [0.1, 0.15) is 37.1 Å². The first-order valence-electron chi connectivity index (χ1n) is 7.40. The molecule has 0 fully saturated rings. The third kappa shape index (κ3) is 2.92. The monoisotopic (exact) mass is 321 g/mol. The van der Waals surface area contributed by atoms with Gasteiger partial charge < -0.3 is 5.32 Å². The van der Waals surface area contributed by atoms with Crippen LogP contribution in [-0.2, 0) is 17.6 Å².